The van der Waals surface area contributed by atoms with Crippen LogP contribution in [-0.4, -0.2) is 9.78 Å². The molecule has 1 N–H and O–H groups in total. The van der Waals surface area contributed by atoms with Crippen LogP contribution >= 0.6 is 0 Å². The summed E-state index contributed by atoms with van der Waals surface area (Å²) in [6.07, 6.45) is 4.23. The van der Waals surface area contributed by atoms with Gasteiger partial charge in [-0.1, -0.05) is 0 Å². The number of nitrogens with zero attached hydrogens (tertiary/aromatic N) is 1. The summed E-state index contributed by atoms with van der Waals surface area (Å²) < 4.78 is 1.88. The molecule has 2 rings (SSSR count). The summed E-state index contributed by atoms with van der Waals surface area (Å²) in [6, 6.07) is 2.14. The van der Waals surface area contributed by atoms with E-state index in [2.05, 4.69) is 5.10 Å². The lowest BCUT2D eigenvalue weighted by Gasteiger charge is -1.93. The molecule has 1 aromatic heterocycles. The van der Waals surface area contributed by atoms with Gasteiger partial charge in [0, 0.05) is 18.3 Å². The van der Waals surface area contributed by atoms with Gasteiger partial charge in [-0.05, 0) is 12.8 Å². The van der Waals surface area contributed by atoms with E-state index in [0.717, 1.165) is 0 Å². The third-order valence-corrected chi connectivity index (χ3v) is 1.57. The van der Waals surface area contributed by atoms with E-state index in [-0.39, 0.29) is 5.56 Å². The minimum absolute atomic E-state index is 0.00176. The highest BCUT2D eigenvalue weighted by Crippen LogP contribution is 2.33. The first-order valence-electron chi connectivity index (χ1n) is 3.13. The van der Waals surface area contributed by atoms with Crippen LogP contribution in [0.4, 0.5) is 0 Å². The largest absolute Gasteiger partial charge is 0.289 e. The van der Waals surface area contributed by atoms with Crippen LogP contribution < -0.4 is 5.56 Å². The van der Waals surface area contributed by atoms with Crippen molar-refractivity contribution in [2.75, 3.05) is 0 Å². The number of aromatic nitrogens is 2. The van der Waals surface area contributed by atoms with Crippen LogP contribution in [0, 0.1) is 0 Å². The van der Waals surface area contributed by atoms with Gasteiger partial charge in [0.25, 0.3) is 5.56 Å². The molecule has 3 heteroatoms. The fourth-order valence-electron chi connectivity index (χ4n) is 0.915. The molecule has 48 valence electrons. The molecule has 1 aromatic rings. The topological polar surface area (TPSA) is 37.8 Å². The molecule has 0 aromatic carbocycles. The maximum absolute atomic E-state index is 10.5. The van der Waals surface area contributed by atoms with Crippen molar-refractivity contribution < 1.29 is 0 Å². The molecule has 0 radical (unpaired) electrons. The zero-order chi connectivity index (χ0) is 6.27. The Morgan fingerprint density at radius 3 is 2.89 bits per heavy atom. The van der Waals surface area contributed by atoms with Gasteiger partial charge in [0.2, 0.25) is 0 Å². The molecule has 0 spiro atoms. The van der Waals surface area contributed by atoms with Crippen molar-refractivity contribution in [3.8, 4) is 0 Å². The second kappa shape index (κ2) is 1.50. The minimum Gasteiger partial charge on any atom is -0.289 e. The summed E-state index contributed by atoms with van der Waals surface area (Å²) in [4.78, 5) is 10.5. The summed E-state index contributed by atoms with van der Waals surface area (Å²) in [6.45, 7) is 0. The van der Waals surface area contributed by atoms with Gasteiger partial charge in [0.05, 0.1) is 0 Å². The van der Waals surface area contributed by atoms with Gasteiger partial charge in [0.15, 0.2) is 0 Å². The highest BCUT2D eigenvalue weighted by atomic mass is 16.1. The van der Waals surface area contributed by atoms with E-state index in [0.29, 0.717) is 6.04 Å². The fourth-order valence-corrected chi connectivity index (χ4v) is 0.915. The third kappa shape index (κ3) is 0.781. The predicted octanol–water partition coefficient (Wildman–Crippen LogP) is 0.511. The third-order valence-electron chi connectivity index (χ3n) is 1.57. The van der Waals surface area contributed by atoms with Crippen LogP contribution in [0.2, 0.25) is 0 Å². The van der Waals surface area contributed by atoms with Crippen molar-refractivity contribution in [2.45, 2.75) is 18.9 Å². The van der Waals surface area contributed by atoms with Crippen LogP contribution in [-0.2, 0) is 0 Å². The van der Waals surface area contributed by atoms with E-state index in [1.54, 1.807) is 12.3 Å². The Labute approximate surface area is 52.3 Å². The molecule has 0 amide bonds. The van der Waals surface area contributed by atoms with Gasteiger partial charge in [0.1, 0.15) is 0 Å². The molecule has 9 heavy (non-hydrogen) atoms. The van der Waals surface area contributed by atoms with Crippen LogP contribution in [0.25, 0.3) is 0 Å². The maximum atomic E-state index is 10.5. The van der Waals surface area contributed by atoms with Gasteiger partial charge in [-0.15, -0.1) is 0 Å². The highest BCUT2D eigenvalue weighted by molar-refractivity contribution is 4.87. The Balaban J connectivity index is 2.38. The molecule has 3 nitrogen and oxygen atoms in total. The van der Waals surface area contributed by atoms with E-state index < -0.39 is 0 Å². The Kier molecular flexibility index (Phi) is 0.806. The lowest BCUT2D eigenvalue weighted by Crippen LogP contribution is -2.02. The average Bonchev–Trinajstić information content (AvgIpc) is 2.58. The summed E-state index contributed by atoms with van der Waals surface area (Å²) in [5.74, 6) is 0. The Morgan fingerprint density at radius 1 is 1.67 bits per heavy atom. The molecule has 1 aliphatic rings. The van der Waals surface area contributed by atoms with Crippen molar-refractivity contribution in [2.24, 2.45) is 0 Å². The summed E-state index contributed by atoms with van der Waals surface area (Å²) in [7, 11) is 0. The van der Waals surface area contributed by atoms with E-state index >= 15 is 0 Å². The summed E-state index contributed by atoms with van der Waals surface area (Å²) in [5, 5.41) is 2.70. The number of H-pyrrole nitrogens is 1. The quantitative estimate of drug-likeness (QED) is 0.582. The Bertz CT molecular complexity index is 256. The molecule has 0 aliphatic heterocycles. The molecule has 0 saturated heterocycles. The van der Waals surface area contributed by atoms with Crippen LogP contribution in [0.1, 0.15) is 18.9 Å². The predicted molar refractivity (Wildman–Crippen MR) is 33.3 cm³/mol. The van der Waals surface area contributed by atoms with Crippen molar-refractivity contribution in [3.63, 3.8) is 0 Å². The number of nitrogens with one attached hydrogen (secondary N) is 1. The van der Waals surface area contributed by atoms with E-state index in [1.807, 2.05) is 4.68 Å². The van der Waals surface area contributed by atoms with Crippen molar-refractivity contribution in [1.29, 1.82) is 0 Å². The molecule has 1 saturated carbocycles. The van der Waals surface area contributed by atoms with Gasteiger partial charge in [-0.2, -0.15) is 0 Å². The van der Waals surface area contributed by atoms with Gasteiger partial charge in [-0.3, -0.25) is 14.6 Å². The molecule has 0 bridgehead atoms. The molecule has 1 aliphatic carbocycles. The molecule has 0 unspecified atom stereocenters. The summed E-state index contributed by atoms with van der Waals surface area (Å²) >= 11 is 0. The second-order valence-electron chi connectivity index (χ2n) is 2.43. The number of hydrogen-bond acceptors (Lipinski definition) is 1. The zero-order valence-electron chi connectivity index (χ0n) is 5.00. The monoisotopic (exact) mass is 124 g/mol. The van der Waals surface area contributed by atoms with Crippen LogP contribution in [0.5, 0.6) is 0 Å². The summed E-state index contributed by atoms with van der Waals surface area (Å²) in [5.41, 5.74) is 0.00176. The molecule has 1 heterocycles. The molecular formula is C6H8N2O. The van der Waals surface area contributed by atoms with Gasteiger partial charge < -0.3 is 0 Å². The Morgan fingerprint density at radius 2 is 2.44 bits per heavy atom. The second-order valence-corrected chi connectivity index (χ2v) is 2.43. The standard InChI is InChI=1S/C6H8N2O/c9-6-3-4-8(7-6)5-1-2-5/h3-5H,1-2H2,(H,7,9). The van der Waals surface area contributed by atoms with Crippen molar-refractivity contribution >= 4 is 0 Å². The average molecular weight is 124 g/mol. The lowest BCUT2D eigenvalue weighted by molar-refractivity contribution is 0.635. The highest BCUT2D eigenvalue weighted by Gasteiger charge is 2.22. The first-order valence-corrected chi connectivity index (χ1v) is 3.13. The number of rotatable bonds is 1. The number of aromatic amines is 1. The van der Waals surface area contributed by atoms with Crippen molar-refractivity contribution in [1.82, 2.24) is 9.78 Å². The first-order chi connectivity index (χ1) is 4.36. The van der Waals surface area contributed by atoms with Gasteiger partial charge >= 0.3 is 0 Å². The normalized spacial score (nSPS) is 18.2. The fraction of sp³-hybridized carbons (Fsp3) is 0.500. The lowest BCUT2D eigenvalue weighted by atomic mass is 10.7. The zero-order valence-corrected chi connectivity index (χ0v) is 5.00. The Hall–Kier alpha value is -0.990. The minimum atomic E-state index is 0.00176. The molecular weight excluding hydrogens is 116 g/mol. The first kappa shape index (κ1) is 4.85. The van der Waals surface area contributed by atoms with Crippen LogP contribution in [0.15, 0.2) is 17.1 Å². The van der Waals surface area contributed by atoms with E-state index in [1.165, 1.54) is 12.8 Å². The van der Waals surface area contributed by atoms with Crippen LogP contribution in [0.3, 0.4) is 0 Å². The van der Waals surface area contributed by atoms with Crippen molar-refractivity contribution in [3.05, 3.63) is 22.6 Å². The van der Waals surface area contributed by atoms with E-state index in [4.69, 9.17) is 0 Å². The number of hydrogen-bond donors (Lipinski definition) is 1. The SMILES string of the molecule is O=c1ccn(C2CC2)[nH]1. The van der Waals surface area contributed by atoms with Gasteiger partial charge in [-0.25, -0.2) is 0 Å². The molecule has 0 atom stereocenters. The smallest absolute Gasteiger partial charge is 0.264 e. The molecule has 1 fully saturated rings. The van der Waals surface area contributed by atoms with E-state index in [9.17, 15) is 4.79 Å². The maximum Gasteiger partial charge on any atom is 0.264 e.